The van der Waals surface area contributed by atoms with Gasteiger partial charge >= 0.3 is 5.69 Å². The van der Waals surface area contributed by atoms with Crippen LogP contribution < -0.4 is 15.2 Å². The minimum atomic E-state index is -1.45. The number of hydrogen-bond donors (Lipinski definition) is 1. The van der Waals surface area contributed by atoms with E-state index in [1.165, 1.54) is 25.3 Å². The van der Waals surface area contributed by atoms with Crippen molar-refractivity contribution in [2.24, 2.45) is 0 Å². The molecule has 0 saturated carbocycles. The fourth-order valence-electron chi connectivity index (χ4n) is 1.73. The van der Waals surface area contributed by atoms with Gasteiger partial charge in [-0.15, -0.1) is 0 Å². The van der Waals surface area contributed by atoms with Gasteiger partial charge in [-0.25, -0.2) is 0 Å². The van der Waals surface area contributed by atoms with Gasteiger partial charge < -0.3 is 20.0 Å². The molecule has 0 fully saturated rings. The standard InChI is InChI=1S/C13H16N2O6/c1-3-12(16)14-9(13(17)18)6-8-4-5-11(21-2)10(7-8)15(19)20/h4-5,7,9H,3,6H2,1-2H3,(H,14,16)(H,17,18)/p-1/t9-/m1/s1. The van der Waals surface area contributed by atoms with Crippen molar-refractivity contribution in [1.29, 1.82) is 0 Å². The Labute approximate surface area is 120 Å². The summed E-state index contributed by atoms with van der Waals surface area (Å²) in [6, 6.07) is 2.85. The van der Waals surface area contributed by atoms with Crippen LogP contribution in [0, 0.1) is 10.1 Å². The lowest BCUT2D eigenvalue weighted by atomic mass is 10.0. The number of carbonyl (C=O) groups is 2. The number of aliphatic carboxylic acids is 1. The number of methoxy groups -OCH3 is 1. The van der Waals surface area contributed by atoms with Crippen LogP contribution in [0.3, 0.4) is 0 Å². The predicted molar refractivity (Wildman–Crippen MR) is 70.6 cm³/mol. The SMILES string of the molecule is CCC(=O)N[C@H](Cc1ccc(OC)c([N+](=O)[O-])c1)C(=O)[O-]. The predicted octanol–water partition coefficient (Wildman–Crippen LogP) is -0.209. The van der Waals surface area contributed by atoms with Gasteiger partial charge in [-0.1, -0.05) is 13.0 Å². The second-order valence-electron chi connectivity index (χ2n) is 4.26. The van der Waals surface area contributed by atoms with Crippen LogP contribution in [0.2, 0.25) is 0 Å². The maximum atomic E-state index is 11.3. The maximum absolute atomic E-state index is 11.3. The second-order valence-corrected chi connectivity index (χ2v) is 4.26. The van der Waals surface area contributed by atoms with Crippen LogP contribution in [0.15, 0.2) is 18.2 Å². The third-order valence-electron chi connectivity index (χ3n) is 2.82. The van der Waals surface area contributed by atoms with Crippen LogP contribution in [0.25, 0.3) is 0 Å². The monoisotopic (exact) mass is 295 g/mol. The summed E-state index contributed by atoms with van der Waals surface area (Å²) in [5.41, 5.74) is 0.113. The topological polar surface area (TPSA) is 122 Å². The average molecular weight is 295 g/mol. The molecule has 0 aliphatic rings. The minimum Gasteiger partial charge on any atom is -0.548 e. The van der Waals surface area contributed by atoms with Crippen LogP contribution in [-0.4, -0.2) is 30.0 Å². The van der Waals surface area contributed by atoms with Crippen molar-refractivity contribution in [3.05, 3.63) is 33.9 Å². The van der Waals surface area contributed by atoms with E-state index in [0.717, 1.165) is 0 Å². The number of hydrogen-bond acceptors (Lipinski definition) is 6. The number of benzene rings is 1. The fourth-order valence-corrected chi connectivity index (χ4v) is 1.73. The molecule has 0 aliphatic heterocycles. The third kappa shape index (κ3) is 4.44. The summed E-state index contributed by atoms with van der Waals surface area (Å²) in [6.45, 7) is 1.58. The molecular formula is C13H15N2O6-. The van der Waals surface area contributed by atoms with Crippen LogP contribution in [0.4, 0.5) is 5.69 Å². The summed E-state index contributed by atoms with van der Waals surface area (Å²) >= 11 is 0. The van der Waals surface area contributed by atoms with E-state index < -0.39 is 22.8 Å². The summed E-state index contributed by atoms with van der Waals surface area (Å²) < 4.78 is 4.86. The summed E-state index contributed by atoms with van der Waals surface area (Å²) in [5.74, 6) is -1.81. The van der Waals surface area contributed by atoms with E-state index in [4.69, 9.17) is 4.74 Å². The summed E-state index contributed by atoms with van der Waals surface area (Å²) in [5, 5.41) is 24.2. The number of amides is 1. The highest BCUT2D eigenvalue weighted by atomic mass is 16.6. The Kier molecular flexibility index (Phi) is 5.65. The number of carboxylic acid groups (broad SMARTS) is 1. The molecule has 0 saturated heterocycles. The van der Waals surface area contributed by atoms with Crippen molar-refractivity contribution in [2.45, 2.75) is 25.8 Å². The van der Waals surface area contributed by atoms with Crippen LogP contribution in [-0.2, 0) is 16.0 Å². The average Bonchev–Trinajstić information content (AvgIpc) is 2.45. The van der Waals surface area contributed by atoms with Gasteiger partial charge in [-0.3, -0.25) is 14.9 Å². The highest BCUT2D eigenvalue weighted by Gasteiger charge is 2.18. The van der Waals surface area contributed by atoms with Gasteiger partial charge in [0.1, 0.15) is 0 Å². The lowest BCUT2D eigenvalue weighted by Crippen LogP contribution is -2.49. The smallest absolute Gasteiger partial charge is 0.311 e. The Morgan fingerprint density at radius 1 is 1.43 bits per heavy atom. The van der Waals surface area contributed by atoms with Crippen molar-refractivity contribution in [1.82, 2.24) is 5.32 Å². The number of nitro benzene ring substituents is 1. The van der Waals surface area contributed by atoms with E-state index in [-0.39, 0.29) is 24.3 Å². The largest absolute Gasteiger partial charge is 0.548 e. The molecule has 1 atom stereocenters. The van der Waals surface area contributed by atoms with E-state index >= 15 is 0 Å². The molecular weight excluding hydrogens is 280 g/mol. The number of nitrogens with one attached hydrogen (secondary N) is 1. The molecule has 1 N–H and O–H groups in total. The Bertz CT molecular complexity index is 558. The van der Waals surface area contributed by atoms with Gasteiger partial charge in [0.15, 0.2) is 5.75 Å². The van der Waals surface area contributed by atoms with Crippen molar-refractivity contribution in [2.75, 3.05) is 7.11 Å². The molecule has 8 heteroatoms. The molecule has 1 rings (SSSR count). The quantitative estimate of drug-likeness (QED) is 0.548. The number of nitrogens with zero attached hydrogens (tertiary/aromatic N) is 1. The lowest BCUT2D eigenvalue weighted by molar-refractivity contribution is -0.385. The van der Waals surface area contributed by atoms with Crippen molar-refractivity contribution >= 4 is 17.6 Å². The first-order valence-corrected chi connectivity index (χ1v) is 6.20. The molecule has 0 heterocycles. The molecule has 8 nitrogen and oxygen atoms in total. The van der Waals surface area contributed by atoms with Gasteiger partial charge in [0.25, 0.3) is 0 Å². The maximum Gasteiger partial charge on any atom is 0.311 e. The number of carboxylic acids is 1. The second kappa shape index (κ2) is 7.22. The molecule has 21 heavy (non-hydrogen) atoms. The van der Waals surface area contributed by atoms with E-state index in [0.29, 0.717) is 5.56 Å². The number of carbonyl (C=O) groups excluding carboxylic acids is 2. The summed E-state index contributed by atoms with van der Waals surface area (Å²) in [4.78, 5) is 32.6. The lowest BCUT2D eigenvalue weighted by Gasteiger charge is -2.19. The zero-order chi connectivity index (χ0) is 16.0. The Morgan fingerprint density at radius 3 is 2.57 bits per heavy atom. The molecule has 0 unspecified atom stereocenters. The molecule has 0 aromatic heterocycles. The molecule has 114 valence electrons. The third-order valence-corrected chi connectivity index (χ3v) is 2.82. The van der Waals surface area contributed by atoms with Gasteiger partial charge in [0.05, 0.1) is 24.0 Å². The van der Waals surface area contributed by atoms with E-state index in [9.17, 15) is 24.8 Å². The van der Waals surface area contributed by atoms with Crippen LogP contribution in [0.1, 0.15) is 18.9 Å². The van der Waals surface area contributed by atoms with Crippen molar-refractivity contribution in [3.63, 3.8) is 0 Å². The van der Waals surface area contributed by atoms with E-state index in [1.54, 1.807) is 6.92 Å². The number of nitro groups is 1. The molecule has 1 aromatic carbocycles. The normalized spacial score (nSPS) is 11.5. The zero-order valence-electron chi connectivity index (χ0n) is 11.6. The summed E-state index contributed by atoms with van der Waals surface area (Å²) in [7, 11) is 1.30. The summed E-state index contributed by atoms with van der Waals surface area (Å²) in [6.07, 6.45) is 0.0193. The Balaban J connectivity index is 2.99. The zero-order valence-corrected chi connectivity index (χ0v) is 11.6. The van der Waals surface area contributed by atoms with Crippen LogP contribution >= 0.6 is 0 Å². The van der Waals surface area contributed by atoms with Crippen molar-refractivity contribution < 1.29 is 24.4 Å². The van der Waals surface area contributed by atoms with Gasteiger partial charge in [-0.05, 0) is 18.1 Å². The molecule has 1 amide bonds. The Hall–Kier alpha value is -2.64. The van der Waals surface area contributed by atoms with E-state index in [2.05, 4.69) is 5.32 Å². The molecule has 0 spiro atoms. The van der Waals surface area contributed by atoms with E-state index in [1.807, 2.05) is 0 Å². The molecule has 0 aliphatic carbocycles. The van der Waals surface area contributed by atoms with Gasteiger partial charge in [0.2, 0.25) is 5.91 Å². The first-order valence-electron chi connectivity index (χ1n) is 6.20. The first-order chi connectivity index (χ1) is 9.88. The number of ether oxygens (including phenoxy) is 1. The first kappa shape index (κ1) is 16.4. The highest BCUT2D eigenvalue weighted by Crippen LogP contribution is 2.27. The van der Waals surface area contributed by atoms with Gasteiger partial charge in [0, 0.05) is 12.5 Å². The number of rotatable bonds is 7. The minimum absolute atomic E-state index is 0.0753. The molecule has 0 radical (unpaired) electrons. The van der Waals surface area contributed by atoms with Crippen molar-refractivity contribution in [3.8, 4) is 5.75 Å². The molecule has 0 bridgehead atoms. The molecule has 1 aromatic rings. The van der Waals surface area contributed by atoms with Gasteiger partial charge in [-0.2, -0.15) is 0 Å². The van der Waals surface area contributed by atoms with Crippen LogP contribution in [0.5, 0.6) is 5.75 Å². The highest BCUT2D eigenvalue weighted by molar-refractivity contribution is 5.82. The fraction of sp³-hybridized carbons (Fsp3) is 0.385. The Morgan fingerprint density at radius 2 is 2.10 bits per heavy atom.